The second kappa shape index (κ2) is 9.07. The first kappa shape index (κ1) is 20.8. The van der Waals surface area contributed by atoms with Gasteiger partial charge in [-0.3, -0.25) is 0 Å². The minimum absolute atomic E-state index is 0.102. The summed E-state index contributed by atoms with van der Waals surface area (Å²) in [5.74, 6) is -0.0673. The van der Waals surface area contributed by atoms with Gasteiger partial charge in [0.05, 0.1) is 0 Å². The van der Waals surface area contributed by atoms with E-state index < -0.39 is 31.0 Å². The fraction of sp³-hybridized carbons (Fsp3) is 0.190. The van der Waals surface area contributed by atoms with Crippen molar-refractivity contribution < 1.29 is 29.3 Å². The van der Waals surface area contributed by atoms with E-state index in [4.69, 9.17) is 14.6 Å². The van der Waals surface area contributed by atoms with Crippen molar-refractivity contribution in [2.75, 3.05) is 7.11 Å². The van der Waals surface area contributed by atoms with Crippen LogP contribution in [0.25, 0.3) is 10.8 Å². The van der Waals surface area contributed by atoms with Gasteiger partial charge >= 0.3 is 174 Å². The molecule has 7 nitrogen and oxygen atoms in total. The summed E-state index contributed by atoms with van der Waals surface area (Å²) >= 11 is -1.54. The van der Waals surface area contributed by atoms with Gasteiger partial charge in [-0.05, 0) is 0 Å². The Morgan fingerprint density at radius 3 is 2.48 bits per heavy atom. The maximum absolute atomic E-state index is 12.6. The van der Waals surface area contributed by atoms with Gasteiger partial charge in [0, 0.05) is 0 Å². The molecule has 0 amide bonds. The van der Waals surface area contributed by atoms with E-state index in [0.29, 0.717) is 28.0 Å². The number of fused-ring (bicyclic) bond motifs is 1. The summed E-state index contributed by atoms with van der Waals surface area (Å²) in [5.41, 5.74) is 0.367. The first-order valence-electron chi connectivity index (χ1n) is 8.81. The van der Waals surface area contributed by atoms with Crippen molar-refractivity contribution in [1.82, 2.24) is 4.98 Å². The summed E-state index contributed by atoms with van der Waals surface area (Å²) < 4.78 is 9.87. The third-order valence-corrected chi connectivity index (χ3v) is 6.69. The topological polar surface area (TPSA) is 106 Å². The zero-order valence-corrected chi connectivity index (χ0v) is 18.0. The number of aromatic hydroxyl groups is 1. The summed E-state index contributed by atoms with van der Waals surface area (Å²) in [6.45, 7) is 1.61. The zero-order chi connectivity index (χ0) is 21.0. The zero-order valence-electron chi connectivity index (χ0n) is 15.9. The molecule has 1 heterocycles. The number of carbonyl (C=O) groups is 2. The molecule has 0 spiro atoms. The molecule has 0 aliphatic rings. The molecule has 150 valence electrons. The summed E-state index contributed by atoms with van der Waals surface area (Å²) in [4.78, 5) is 28.0. The van der Waals surface area contributed by atoms with Crippen LogP contribution in [0.15, 0.2) is 48.5 Å². The standard InChI is InChI=1S/C21H20AsNO6/c1-12(21(26)27)22-20(25)18-19(24)15-9-8-14(29-13-6-4-3-5-7-13)10-16(15)17(23-18)11-28-2/h3-10,12,22,24H,11H2,1-2H3,(H,26,27). The number of pyridine rings is 1. The normalized spacial score (nSPS) is 12.3. The van der Waals surface area contributed by atoms with E-state index in [1.54, 1.807) is 18.2 Å². The predicted octanol–water partition coefficient (Wildman–Crippen LogP) is 3.35. The second-order valence-electron chi connectivity index (χ2n) is 6.34. The van der Waals surface area contributed by atoms with E-state index in [9.17, 15) is 14.7 Å². The Balaban J connectivity index is 2.03. The van der Waals surface area contributed by atoms with Gasteiger partial charge in [0.15, 0.2) is 0 Å². The van der Waals surface area contributed by atoms with Gasteiger partial charge in [0.1, 0.15) is 0 Å². The summed E-state index contributed by atoms with van der Waals surface area (Å²) in [5, 5.41) is 20.8. The molecule has 0 bridgehead atoms. The average molecular weight is 457 g/mol. The van der Waals surface area contributed by atoms with Crippen LogP contribution in [0.3, 0.4) is 0 Å². The number of carbonyl (C=O) groups excluding carboxylic acids is 1. The van der Waals surface area contributed by atoms with Gasteiger partial charge in [0.2, 0.25) is 0 Å². The molecule has 0 saturated carbocycles. The van der Waals surface area contributed by atoms with E-state index in [1.807, 2.05) is 30.3 Å². The van der Waals surface area contributed by atoms with Crippen LogP contribution in [0.2, 0.25) is 4.71 Å². The number of rotatable bonds is 8. The van der Waals surface area contributed by atoms with Crippen LogP contribution in [0.5, 0.6) is 17.2 Å². The van der Waals surface area contributed by atoms with Crippen LogP contribution >= 0.6 is 0 Å². The molecular weight excluding hydrogens is 437 g/mol. The summed E-state index contributed by atoms with van der Waals surface area (Å²) in [6, 6.07) is 14.3. The molecule has 2 aromatic carbocycles. The third kappa shape index (κ3) is 4.75. The van der Waals surface area contributed by atoms with E-state index >= 15 is 0 Å². The van der Waals surface area contributed by atoms with Crippen LogP contribution in [0.1, 0.15) is 23.1 Å². The van der Waals surface area contributed by atoms with E-state index in [0.717, 1.165) is 0 Å². The van der Waals surface area contributed by atoms with E-state index in [2.05, 4.69) is 4.98 Å². The van der Waals surface area contributed by atoms with Crippen molar-refractivity contribution in [2.45, 2.75) is 18.2 Å². The van der Waals surface area contributed by atoms with Gasteiger partial charge in [-0.1, -0.05) is 0 Å². The number of benzene rings is 2. The molecular formula is C21H20AsNO6. The molecule has 0 saturated heterocycles. The predicted molar refractivity (Wildman–Crippen MR) is 109 cm³/mol. The number of ether oxygens (including phenoxy) is 2. The van der Waals surface area contributed by atoms with Crippen molar-refractivity contribution in [2.24, 2.45) is 0 Å². The number of hydrogen-bond donors (Lipinski definition) is 2. The molecule has 2 atom stereocenters. The van der Waals surface area contributed by atoms with Crippen LogP contribution in [0, 0.1) is 0 Å². The SMILES string of the molecule is COCc1nc(C(=O)[AsH]C(C)C(=O)O)c(O)c2ccc(Oc3ccccc3)cc12. The Bertz CT molecular complexity index is 1050. The molecule has 0 aliphatic carbocycles. The minimum atomic E-state index is -1.54. The van der Waals surface area contributed by atoms with Crippen molar-refractivity contribution in [1.29, 1.82) is 0 Å². The number of carboxylic acid groups (broad SMARTS) is 1. The first-order chi connectivity index (χ1) is 13.9. The Kier molecular flexibility index (Phi) is 6.52. The van der Waals surface area contributed by atoms with Crippen molar-refractivity contribution in [3.05, 3.63) is 59.9 Å². The van der Waals surface area contributed by atoms with Crippen LogP contribution < -0.4 is 4.74 Å². The Morgan fingerprint density at radius 2 is 1.83 bits per heavy atom. The fourth-order valence-electron chi connectivity index (χ4n) is 2.76. The van der Waals surface area contributed by atoms with Crippen molar-refractivity contribution in [3.8, 4) is 17.2 Å². The molecule has 3 rings (SSSR count). The first-order valence-corrected chi connectivity index (χ1v) is 11.1. The monoisotopic (exact) mass is 457 g/mol. The van der Waals surface area contributed by atoms with Gasteiger partial charge in [-0.25, -0.2) is 0 Å². The number of hydrogen-bond acceptors (Lipinski definition) is 6. The molecule has 0 fully saturated rings. The van der Waals surface area contributed by atoms with Crippen LogP contribution in [-0.4, -0.2) is 48.6 Å². The molecule has 0 radical (unpaired) electrons. The number of aliphatic carboxylic acids is 1. The van der Waals surface area contributed by atoms with Gasteiger partial charge in [-0.2, -0.15) is 0 Å². The summed E-state index contributed by atoms with van der Waals surface area (Å²) in [7, 11) is 1.51. The molecule has 2 unspecified atom stereocenters. The molecule has 8 heteroatoms. The molecule has 2 N–H and O–H groups in total. The molecule has 0 aliphatic heterocycles. The number of carboxylic acids is 1. The number of nitrogens with zero attached hydrogens (tertiary/aromatic N) is 1. The molecule has 3 aromatic rings. The van der Waals surface area contributed by atoms with Gasteiger partial charge < -0.3 is 0 Å². The van der Waals surface area contributed by atoms with Gasteiger partial charge in [0.25, 0.3) is 0 Å². The molecule has 29 heavy (non-hydrogen) atoms. The second-order valence-corrected chi connectivity index (χ2v) is 9.72. The Hall–Kier alpha value is -2.89. The van der Waals surface area contributed by atoms with Crippen LogP contribution in [0.4, 0.5) is 0 Å². The van der Waals surface area contributed by atoms with Crippen LogP contribution in [-0.2, 0) is 16.1 Å². The number of aromatic nitrogens is 1. The van der Waals surface area contributed by atoms with E-state index in [1.165, 1.54) is 14.0 Å². The van der Waals surface area contributed by atoms with E-state index in [-0.39, 0.29) is 18.1 Å². The van der Waals surface area contributed by atoms with Gasteiger partial charge in [-0.15, -0.1) is 0 Å². The Morgan fingerprint density at radius 1 is 1.10 bits per heavy atom. The number of methoxy groups -OCH3 is 1. The molecule has 1 aromatic heterocycles. The quantitative estimate of drug-likeness (QED) is 0.500. The Labute approximate surface area is 174 Å². The fourth-order valence-corrected chi connectivity index (χ4v) is 4.50. The maximum atomic E-state index is 12.6. The van der Waals surface area contributed by atoms with Crippen molar-refractivity contribution in [3.63, 3.8) is 0 Å². The number of para-hydroxylation sites is 1. The average Bonchev–Trinajstić information content (AvgIpc) is 2.70. The third-order valence-electron chi connectivity index (χ3n) is 4.22. The summed E-state index contributed by atoms with van der Waals surface area (Å²) in [6.07, 6.45) is 0. The van der Waals surface area contributed by atoms with Crippen molar-refractivity contribution >= 4 is 37.1 Å².